The molecule has 0 unspecified atom stereocenters. The molecule has 4 heteroatoms. The molecule has 0 spiro atoms. The van der Waals surface area contributed by atoms with Gasteiger partial charge in [0.2, 0.25) is 0 Å². The highest BCUT2D eigenvalue weighted by Gasteiger charge is 2.20. The second-order valence-electron chi connectivity index (χ2n) is 4.97. The van der Waals surface area contributed by atoms with E-state index in [1.807, 2.05) is 23.6 Å². The first kappa shape index (κ1) is 10.6. The maximum absolute atomic E-state index is 5.94. The molecule has 90 valence electrons. The van der Waals surface area contributed by atoms with Gasteiger partial charge in [0.05, 0.1) is 5.69 Å². The molecule has 0 radical (unpaired) electrons. The summed E-state index contributed by atoms with van der Waals surface area (Å²) in [7, 11) is 0. The summed E-state index contributed by atoms with van der Waals surface area (Å²) in [4.78, 5) is 4.62. The summed E-state index contributed by atoms with van der Waals surface area (Å²) in [6, 6.07) is 3.89. The number of aryl methyl sites for hydroxylation is 1. The van der Waals surface area contributed by atoms with Gasteiger partial charge in [0.1, 0.15) is 0 Å². The molecule has 0 bridgehead atoms. The van der Waals surface area contributed by atoms with Gasteiger partial charge in [-0.05, 0) is 31.9 Å². The Morgan fingerprint density at radius 3 is 2.71 bits per heavy atom. The quantitative estimate of drug-likeness (QED) is 0.819. The highest BCUT2D eigenvalue weighted by atomic mass is 15.3. The molecule has 2 heterocycles. The van der Waals surface area contributed by atoms with Gasteiger partial charge in [0.15, 0.2) is 11.5 Å². The average Bonchev–Trinajstić information content (AvgIpc) is 2.81. The average molecular weight is 230 g/mol. The molecule has 3 rings (SSSR count). The Morgan fingerprint density at radius 1 is 1.24 bits per heavy atom. The number of hydrogen-bond acceptors (Lipinski definition) is 3. The maximum Gasteiger partial charge on any atom is 0.178 e. The van der Waals surface area contributed by atoms with Gasteiger partial charge in [0, 0.05) is 11.6 Å². The van der Waals surface area contributed by atoms with E-state index < -0.39 is 0 Å². The van der Waals surface area contributed by atoms with Gasteiger partial charge >= 0.3 is 0 Å². The van der Waals surface area contributed by atoms with Crippen LogP contribution >= 0.6 is 0 Å². The van der Waals surface area contributed by atoms with Crippen molar-refractivity contribution in [3.63, 3.8) is 0 Å². The number of nitrogens with zero attached hydrogens (tertiary/aromatic N) is 3. The van der Waals surface area contributed by atoms with Crippen LogP contribution in [-0.2, 0) is 0 Å². The molecule has 0 saturated heterocycles. The van der Waals surface area contributed by atoms with Crippen LogP contribution in [0.25, 0.3) is 5.65 Å². The number of nitrogen functional groups attached to an aromatic ring is 1. The fraction of sp³-hybridized carbons (Fsp3) is 0.538. The zero-order valence-corrected chi connectivity index (χ0v) is 10.2. The van der Waals surface area contributed by atoms with E-state index in [-0.39, 0.29) is 0 Å². The van der Waals surface area contributed by atoms with Crippen LogP contribution in [0.1, 0.15) is 49.5 Å². The Bertz CT molecular complexity index is 499. The number of hydrogen-bond donors (Lipinski definition) is 1. The Balaban J connectivity index is 2.06. The van der Waals surface area contributed by atoms with Crippen molar-refractivity contribution in [2.75, 3.05) is 5.73 Å². The van der Waals surface area contributed by atoms with Crippen molar-refractivity contribution in [3.8, 4) is 0 Å². The molecule has 2 N–H and O–H groups in total. The molecule has 1 aliphatic carbocycles. The number of pyridine rings is 1. The number of fused-ring (bicyclic) bond motifs is 1. The molecule has 4 nitrogen and oxygen atoms in total. The van der Waals surface area contributed by atoms with Gasteiger partial charge in [-0.1, -0.05) is 19.3 Å². The standard InChI is InChI=1S/C13H18N4/c1-9-7-8-11(14)13-15-12(16-17(9)13)10-5-3-2-4-6-10/h7-8,10H,2-6,14H2,1H3. The molecule has 2 aromatic rings. The first-order chi connectivity index (χ1) is 8.25. The number of anilines is 1. The summed E-state index contributed by atoms with van der Waals surface area (Å²) in [5.74, 6) is 1.51. The van der Waals surface area contributed by atoms with Crippen molar-refractivity contribution in [1.82, 2.24) is 14.6 Å². The van der Waals surface area contributed by atoms with Gasteiger partial charge in [0.25, 0.3) is 0 Å². The molecular formula is C13H18N4. The minimum absolute atomic E-state index is 0.530. The Labute approximate surface area is 101 Å². The van der Waals surface area contributed by atoms with Crippen molar-refractivity contribution in [1.29, 1.82) is 0 Å². The monoisotopic (exact) mass is 230 g/mol. The molecule has 0 aliphatic heterocycles. The number of aromatic nitrogens is 3. The summed E-state index contributed by atoms with van der Waals surface area (Å²) < 4.78 is 1.87. The molecule has 0 aromatic carbocycles. The van der Waals surface area contributed by atoms with Gasteiger partial charge < -0.3 is 5.73 Å². The second kappa shape index (κ2) is 4.02. The summed E-state index contributed by atoms with van der Waals surface area (Å²) in [6.07, 6.45) is 6.39. The minimum atomic E-state index is 0.530. The van der Waals surface area contributed by atoms with Crippen LogP contribution in [0.2, 0.25) is 0 Å². The molecule has 1 fully saturated rings. The van der Waals surface area contributed by atoms with Crippen LogP contribution in [0.3, 0.4) is 0 Å². The molecule has 1 saturated carbocycles. The van der Waals surface area contributed by atoms with E-state index in [9.17, 15) is 0 Å². The molecule has 1 aliphatic rings. The zero-order valence-electron chi connectivity index (χ0n) is 10.2. The van der Waals surface area contributed by atoms with Crippen LogP contribution in [0.4, 0.5) is 5.69 Å². The summed E-state index contributed by atoms with van der Waals surface area (Å²) in [5.41, 5.74) is 8.56. The Hall–Kier alpha value is -1.58. The summed E-state index contributed by atoms with van der Waals surface area (Å²) in [5, 5.41) is 4.62. The summed E-state index contributed by atoms with van der Waals surface area (Å²) in [6.45, 7) is 2.03. The Kier molecular flexibility index (Phi) is 2.50. The fourth-order valence-electron chi connectivity index (χ4n) is 2.65. The Morgan fingerprint density at radius 2 is 2.00 bits per heavy atom. The van der Waals surface area contributed by atoms with Gasteiger partial charge in [-0.2, -0.15) is 5.10 Å². The van der Waals surface area contributed by atoms with Crippen molar-refractivity contribution in [3.05, 3.63) is 23.7 Å². The lowest BCUT2D eigenvalue weighted by molar-refractivity contribution is 0.429. The van der Waals surface area contributed by atoms with Crippen LogP contribution in [0, 0.1) is 6.92 Å². The topological polar surface area (TPSA) is 56.2 Å². The number of rotatable bonds is 1. The van der Waals surface area contributed by atoms with Crippen LogP contribution < -0.4 is 5.73 Å². The van der Waals surface area contributed by atoms with Gasteiger partial charge in [-0.3, -0.25) is 0 Å². The third kappa shape index (κ3) is 1.77. The van der Waals surface area contributed by atoms with E-state index >= 15 is 0 Å². The highest BCUT2D eigenvalue weighted by molar-refractivity contribution is 5.64. The first-order valence-corrected chi connectivity index (χ1v) is 6.37. The fourth-order valence-corrected chi connectivity index (χ4v) is 2.65. The molecular weight excluding hydrogens is 212 g/mol. The largest absolute Gasteiger partial charge is 0.396 e. The SMILES string of the molecule is Cc1ccc(N)c2nc(C3CCCCC3)nn12. The van der Waals surface area contributed by atoms with E-state index in [0.717, 1.165) is 17.2 Å². The van der Waals surface area contributed by atoms with E-state index in [1.54, 1.807) is 0 Å². The second-order valence-corrected chi connectivity index (χ2v) is 4.97. The summed E-state index contributed by atoms with van der Waals surface area (Å²) >= 11 is 0. The van der Waals surface area contributed by atoms with Crippen molar-refractivity contribution >= 4 is 11.3 Å². The lowest BCUT2D eigenvalue weighted by Crippen LogP contribution is -2.06. The highest BCUT2D eigenvalue weighted by Crippen LogP contribution is 2.31. The van der Waals surface area contributed by atoms with E-state index in [4.69, 9.17) is 5.73 Å². The van der Waals surface area contributed by atoms with E-state index in [1.165, 1.54) is 32.1 Å². The lowest BCUT2D eigenvalue weighted by atomic mass is 9.89. The van der Waals surface area contributed by atoms with Crippen LogP contribution in [0.5, 0.6) is 0 Å². The maximum atomic E-state index is 5.94. The predicted molar refractivity (Wildman–Crippen MR) is 68.0 cm³/mol. The lowest BCUT2D eigenvalue weighted by Gasteiger charge is -2.17. The van der Waals surface area contributed by atoms with Crippen molar-refractivity contribution < 1.29 is 0 Å². The van der Waals surface area contributed by atoms with Crippen molar-refractivity contribution in [2.24, 2.45) is 0 Å². The third-order valence-electron chi connectivity index (χ3n) is 3.69. The molecule has 0 amide bonds. The third-order valence-corrected chi connectivity index (χ3v) is 3.69. The van der Waals surface area contributed by atoms with Crippen LogP contribution in [-0.4, -0.2) is 14.6 Å². The van der Waals surface area contributed by atoms with Crippen LogP contribution in [0.15, 0.2) is 12.1 Å². The van der Waals surface area contributed by atoms with E-state index in [0.29, 0.717) is 11.6 Å². The van der Waals surface area contributed by atoms with E-state index in [2.05, 4.69) is 10.1 Å². The number of nitrogens with two attached hydrogens (primary N) is 1. The molecule has 2 aromatic heterocycles. The zero-order chi connectivity index (χ0) is 11.8. The van der Waals surface area contributed by atoms with Gasteiger partial charge in [-0.15, -0.1) is 0 Å². The molecule has 0 atom stereocenters. The minimum Gasteiger partial charge on any atom is -0.396 e. The van der Waals surface area contributed by atoms with Crippen molar-refractivity contribution in [2.45, 2.75) is 44.9 Å². The van der Waals surface area contributed by atoms with Gasteiger partial charge in [-0.25, -0.2) is 9.50 Å². The normalized spacial score (nSPS) is 17.7. The molecule has 17 heavy (non-hydrogen) atoms. The smallest absolute Gasteiger partial charge is 0.178 e. The first-order valence-electron chi connectivity index (χ1n) is 6.37. The predicted octanol–water partition coefficient (Wildman–Crippen LogP) is 2.67.